The van der Waals surface area contributed by atoms with Gasteiger partial charge in [-0.25, -0.2) is 4.79 Å². The molecular weight excluding hydrogens is 232 g/mol. The molecular formula is C14H20O4. The molecule has 0 aliphatic heterocycles. The van der Waals surface area contributed by atoms with E-state index >= 15 is 0 Å². The average Bonchev–Trinajstić information content (AvgIpc) is 2.38. The Labute approximate surface area is 108 Å². The van der Waals surface area contributed by atoms with Crippen molar-refractivity contribution in [3.05, 3.63) is 29.8 Å². The predicted molar refractivity (Wildman–Crippen MR) is 69.0 cm³/mol. The van der Waals surface area contributed by atoms with Gasteiger partial charge in [0.2, 0.25) is 0 Å². The van der Waals surface area contributed by atoms with Gasteiger partial charge in [-0.1, -0.05) is 25.5 Å². The number of benzene rings is 1. The third-order valence-electron chi connectivity index (χ3n) is 2.65. The largest absolute Gasteiger partial charge is 0.497 e. The molecule has 0 bridgehead atoms. The van der Waals surface area contributed by atoms with Crippen molar-refractivity contribution in [3.63, 3.8) is 0 Å². The first-order valence-electron chi connectivity index (χ1n) is 6.14. The van der Waals surface area contributed by atoms with Crippen LogP contribution in [0.5, 0.6) is 5.75 Å². The van der Waals surface area contributed by atoms with Gasteiger partial charge in [0.1, 0.15) is 5.75 Å². The molecule has 0 saturated carbocycles. The zero-order valence-corrected chi connectivity index (χ0v) is 10.9. The van der Waals surface area contributed by atoms with Gasteiger partial charge in [-0.2, -0.15) is 0 Å². The monoisotopic (exact) mass is 252 g/mol. The van der Waals surface area contributed by atoms with Crippen molar-refractivity contribution in [1.82, 2.24) is 0 Å². The van der Waals surface area contributed by atoms with Crippen LogP contribution in [0.1, 0.15) is 25.3 Å². The van der Waals surface area contributed by atoms with Crippen LogP contribution in [-0.4, -0.2) is 30.9 Å². The molecule has 4 nitrogen and oxygen atoms in total. The summed E-state index contributed by atoms with van der Waals surface area (Å²) >= 11 is 0. The summed E-state index contributed by atoms with van der Waals surface area (Å²) in [5.74, 6) is -0.195. The van der Waals surface area contributed by atoms with Crippen LogP contribution in [0.2, 0.25) is 0 Å². The molecule has 4 heteroatoms. The van der Waals surface area contributed by atoms with Gasteiger partial charge in [0, 0.05) is 13.0 Å². The number of carbonyl (C=O) groups is 1. The summed E-state index contributed by atoms with van der Waals surface area (Å²) in [7, 11) is 1.59. The van der Waals surface area contributed by atoms with E-state index in [9.17, 15) is 4.79 Å². The lowest BCUT2D eigenvalue weighted by atomic mass is 10.1. The van der Waals surface area contributed by atoms with Crippen molar-refractivity contribution in [1.29, 1.82) is 0 Å². The summed E-state index contributed by atoms with van der Waals surface area (Å²) < 4.78 is 10.5. The van der Waals surface area contributed by atoms with Crippen LogP contribution in [-0.2, 0) is 16.0 Å². The minimum atomic E-state index is -0.922. The highest BCUT2D eigenvalue weighted by Gasteiger charge is 2.18. The molecule has 0 unspecified atom stereocenters. The van der Waals surface area contributed by atoms with Crippen LogP contribution in [0.15, 0.2) is 24.3 Å². The number of hydrogen-bond acceptors (Lipinski definition) is 3. The Bertz CT molecular complexity index is 376. The number of carboxylic acids is 1. The molecule has 0 fully saturated rings. The van der Waals surface area contributed by atoms with E-state index in [0.717, 1.165) is 24.2 Å². The Kier molecular flexibility index (Phi) is 6.22. The number of carboxylic acid groups (broad SMARTS) is 1. The Morgan fingerprint density at radius 2 is 2.22 bits per heavy atom. The number of methoxy groups -OCH3 is 1. The summed E-state index contributed by atoms with van der Waals surface area (Å²) in [4.78, 5) is 11.1. The zero-order chi connectivity index (χ0) is 13.4. The van der Waals surface area contributed by atoms with E-state index in [1.165, 1.54) is 0 Å². The lowest BCUT2D eigenvalue weighted by Crippen LogP contribution is -2.26. The summed E-state index contributed by atoms with van der Waals surface area (Å²) in [6.45, 7) is 2.53. The van der Waals surface area contributed by atoms with E-state index in [1.807, 2.05) is 31.2 Å². The van der Waals surface area contributed by atoms with Gasteiger partial charge in [0.15, 0.2) is 6.10 Å². The molecule has 1 atom stereocenters. The van der Waals surface area contributed by atoms with Crippen molar-refractivity contribution < 1.29 is 19.4 Å². The van der Waals surface area contributed by atoms with Crippen molar-refractivity contribution >= 4 is 5.97 Å². The second kappa shape index (κ2) is 7.71. The third kappa shape index (κ3) is 4.75. The van der Waals surface area contributed by atoms with Crippen LogP contribution in [0.25, 0.3) is 0 Å². The van der Waals surface area contributed by atoms with Crippen LogP contribution in [0.3, 0.4) is 0 Å². The second-order valence-electron chi connectivity index (χ2n) is 4.11. The Morgan fingerprint density at radius 1 is 1.44 bits per heavy atom. The molecule has 1 aromatic rings. The predicted octanol–water partition coefficient (Wildman–Crippen LogP) is 2.51. The molecule has 0 saturated heterocycles. The fourth-order valence-corrected chi connectivity index (χ4v) is 1.60. The number of unbranched alkanes of at least 4 members (excludes halogenated alkanes) is 1. The lowest BCUT2D eigenvalue weighted by molar-refractivity contribution is -0.150. The summed E-state index contributed by atoms with van der Waals surface area (Å²) in [6.07, 6.45) is 1.44. The van der Waals surface area contributed by atoms with Gasteiger partial charge in [-0.15, -0.1) is 0 Å². The molecule has 18 heavy (non-hydrogen) atoms. The molecule has 0 heterocycles. The van der Waals surface area contributed by atoms with Gasteiger partial charge in [-0.05, 0) is 24.1 Å². The zero-order valence-electron chi connectivity index (χ0n) is 10.9. The third-order valence-corrected chi connectivity index (χ3v) is 2.65. The molecule has 0 aliphatic carbocycles. The van der Waals surface area contributed by atoms with Crippen molar-refractivity contribution in [2.75, 3.05) is 13.7 Å². The first kappa shape index (κ1) is 14.5. The Morgan fingerprint density at radius 3 is 2.83 bits per heavy atom. The number of aliphatic carboxylic acids is 1. The van der Waals surface area contributed by atoms with Crippen molar-refractivity contribution in [2.45, 2.75) is 32.3 Å². The van der Waals surface area contributed by atoms with Gasteiger partial charge in [-0.3, -0.25) is 0 Å². The van der Waals surface area contributed by atoms with Crippen LogP contribution < -0.4 is 4.74 Å². The molecule has 1 N–H and O–H groups in total. The minimum absolute atomic E-state index is 0.357. The second-order valence-corrected chi connectivity index (χ2v) is 4.11. The number of rotatable bonds is 8. The highest BCUT2D eigenvalue weighted by molar-refractivity contribution is 5.72. The van der Waals surface area contributed by atoms with E-state index in [-0.39, 0.29) is 0 Å². The molecule has 1 aromatic carbocycles. The quantitative estimate of drug-likeness (QED) is 0.722. The Balaban J connectivity index is 2.61. The summed E-state index contributed by atoms with van der Waals surface area (Å²) in [6, 6.07) is 7.39. The van der Waals surface area contributed by atoms with E-state index in [1.54, 1.807) is 7.11 Å². The Hall–Kier alpha value is -1.55. The first-order chi connectivity index (χ1) is 8.67. The maximum atomic E-state index is 11.1. The fraction of sp³-hybridized carbons (Fsp3) is 0.500. The maximum Gasteiger partial charge on any atom is 0.333 e. The number of hydrogen-bond donors (Lipinski definition) is 1. The van der Waals surface area contributed by atoms with E-state index < -0.39 is 12.1 Å². The summed E-state index contributed by atoms with van der Waals surface area (Å²) in [5.41, 5.74) is 0.901. The molecule has 100 valence electrons. The van der Waals surface area contributed by atoms with Gasteiger partial charge in [0.25, 0.3) is 0 Å². The average molecular weight is 252 g/mol. The fourth-order valence-electron chi connectivity index (χ4n) is 1.60. The first-order valence-corrected chi connectivity index (χ1v) is 6.14. The normalized spacial score (nSPS) is 12.1. The smallest absolute Gasteiger partial charge is 0.333 e. The molecule has 0 aliphatic rings. The lowest BCUT2D eigenvalue weighted by Gasteiger charge is -2.14. The molecule has 0 aromatic heterocycles. The van der Waals surface area contributed by atoms with Crippen molar-refractivity contribution in [3.8, 4) is 5.75 Å². The van der Waals surface area contributed by atoms with E-state index in [4.69, 9.17) is 14.6 Å². The van der Waals surface area contributed by atoms with E-state index in [0.29, 0.717) is 13.0 Å². The standard InChI is InChI=1S/C14H20O4/c1-3-4-8-18-13(14(15)16)10-11-6-5-7-12(9-11)17-2/h5-7,9,13H,3-4,8,10H2,1-2H3,(H,15,16)/t13-/m1/s1. The van der Waals surface area contributed by atoms with Gasteiger partial charge < -0.3 is 14.6 Å². The SMILES string of the molecule is CCCCO[C@H](Cc1cccc(OC)c1)C(=O)O. The van der Waals surface area contributed by atoms with Crippen molar-refractivity contribution in [2.24, 2.45) is 0 Å². The number of ether oxygens (including phenoxy) is 2. The summed E-state index contributed by atoms with van der Waals surface area (Å²) in [5, 5.41) is 9.10. The van der Waals surface area contributed by atoms with Gasteiger partial charge >= 0.3 is 5.97 Å². The highest BCUT2D eigenvalue weighted by Crippen LogP contribution is 2.15. The molecule has 0 amide bonds. The highest BCUT2D eigenvalue weighted by atomic mass is 16.5. The van der Waals surface area contributed by atoms with Crippen LogP contribution >= 0.6 is 0 Å². The molecule has 1 rings (SSSR count). The molecule has 0 spiro atoms. The topological polar surface area (TPSA) is 55.8 Å². The van der Waals surface area contributed by atoms with E-state index in [2.05, 4.69) is 0 Å². The van der Waals surface area contributed by atoms with Crippen LogP contribution in [0, 0.1) is 0 Å². The maximum absolute atomic E-state index is 11.1. The van der Waals surface area contributed by atoms with Crippen LogP contribution in [0.4, 0.5) is 0 Å². The van der Waals surface area contributed by atoms with Gasteiger partial charge in [0.05, 0.1) is 7.11 Å². The minimum Gasteiger partial charge on any atom is -0.497 e. The molecule has 0 radical (unpaired) electrons.